The van der Waals surface area contributed by atoms with Crippen molar-refractivity contribution >= 4 is 6.03 Å². The molecule has 0 aromatic rings. The first-order valence-corrected chi connectivity index (χ1v) is 6.20. The summed E-state index contributed by atoms with van der Waals surface area (Å²) in [7, 11) is 3.72. The molecule has 0 unspecified atom stereocenters. The second-order valence-corrected chi connectivity index (χ2v) is 5.11. The zero-order chi connectivity index (χ0) is 10.8. The molecule has 2 rings (SSSR count). The van der Waals surface area contributed by atoms with E-state index in [-0.39, 0.29) is 6.03 Å². The first-order chi connectivity index (χ1) is 7.20. The third kappa shape index (κ3) is 2.44. The van der Waals surface area contributed by atoms with Crippen LogP contribution >= 0.6 is 0 Å². The van der Waals surface area contributed by atoms with Gasteiger partial charge < -0.3 is 9.80 Å². The molecule has 2 aliphatic carbocycles. The van der Waals surface area contributed by atoms with Crippen LogP contribution < -0.4 is 0 Å². The van der Waals surface area contributed by atoms with Crippen molar-refractivity contribution in [3.8, 4) is 0 Å². The molecule has 86 valence electrons. The van der Waals surface area contributed by atoms with E-state index in [9.17, 15) is 4.79 Å². The Morgan fingerprint density at radius 3 is 1.93 bits per heavy atom. The van der Waals surface area contributed by atoms with E-state index in [2.05, 4.69) is 4.90 Å². The molecule has 0 radical (unpaired) electrons. The van der Waals surface area contributed by atoms with Gasteiger partial charge in [-0.15, -0.1) is 0 Å². The average molecular weight is 210 g/mol. The van der Waals surface area contributed by atoms with Gasteiger partial charge in [-0.2, -0.15) is 0 Å². The van der Waals surface area contributed by atoms with Crippen molar-refractivity contribution in [2.75, 3.05) is 14.1 Å². The van der Waals surface area contributed by atoms with Gasteiger partial charge in [0.2, 0.25) is 0 Å². The summed E-state index contributed by atoms with van der Waals surface area (Å²) in [6.07, 6.45) is 8.83. The second-order valence-electron chi connectivity index (χ2n) is 5.11. The molecule has 2 amide bonds. The Morgan fingerprint density at radius 2 is 1.47 bits per heavy atom. The molecule has 3 nitrogen and oxygen atoms in total. The van der Waals surface area contributed by atoms with E-state index in [0.717, 1.165) is 0 Å². The minimum atomic E-state index is 0.226. The first kappa shape index (κ1) is 10.8. The van der Waals surface area contributed by atoms with Gasteiger partial charge in [0.05, 0.1) is 0 Å². The van der Waals surface area contributed by atoms with Crippen LogP contribution in [0.5, 0.6) is 0 Å². The molecule has 0 spiro atoms. The van der Waals surface area contributed by atoms with Crippen molar-refractivity contribution in [1.29, 1.82) is 0 Å². The summed E-state index contributed by atoms with van der Waals surface area (Å²) in [5, 5.41) is 0. The predicted octanol–water partition coefficient (Wildman–Crippen LogP) is 2.47. The number of rotatable bonds is 2. The maximum Gasteiger partial charge on any atom is 0.319 e. The van der Waals surface area contributed by atoms with E-state index in [1.54, 1.807) is 4.90 Å². The number of nitrogens with zero attached hydrogens (tertiary/aromatic N) is 2. The quantitative estimate of drug-likeness (QED) is 0.687. The Hall–Kier alpha value is -0.730. The molecule has 2 fully saturated rings. The summed E-state index contributed by atoms with van der Waals surface area (Å²) >= 11 is 0. The molecule has 0 atom stereocenters. The zero-order valence-electron chi connectivity index (χ0n) is 9.91. The molecule has 0 saturated heterocycles. The van der Waals surface area contributed by atoms with Crippen LogP contribution in [0, 0.1) is 0 Å². The fourth-order valence-electron chi connectivity index (χ4n) is 2.55. The highest BCUT2D eigenvalue weighted by atomic mass is 16.2. The Kier molecular flexibility index (Phi) is 3.17. The molecular formula is C12H22N2O. The molecule has 3 heteroatoms. The minimum Gasteiger partial charge on any atom is -0.331 e. The minimum absolute atomic E-state index is 0.226. The Labute approximate surface area is 92.4 Å². The Morgan fingerprint density at radius 1 is 0.933 bits per heavy atom. The fraction of sp³-hybridized carbons (Fsp3) is 0.917. The lowest BCUT2D eigenvalue weighted by Gasteiger charge is -2.36. The van der Waals surface area contributed by atoms with E-state index >= 15 is 0 Å². The molecule has 0 bridgehead atoms. The van der Waals surface area contributed by atoms with Crippen LogP contribution in [-0.2, 0) is 0 Å². The van der Waals surface area contributed by atoms with Crippen LogP contribution in [-0.4, -0.2) is 42.0 Å². The van der Waals surface area contributed by atoms with E-state index in [4.69, 9.17) is 0 Å². The number of hydrogen-bond donors (Lipinski definition) is 0. The molecule has 0 aromatic carbocycles. The molecular weight excluding hydrogens is 188 g/mol. The standard InChI is InChI=1S/C12H22N2O/c1-13(2)12(15)14(11-8-9-11)10-6-4-3-5-7-10/h10-11H,3-9H2,1-2H3. The van der Waals surface area contributed by atoms with Gasteiger partial charge in [0, 0.05) is 26.2 Å². The molecule has 2 saturated carbocycles. The third-order valence-corrected chi connectivity index (χ3v) is 3.51. The van der Waals surface area contributed by atoms with Crippen molar-refractivity contribution in [3.63, 3.8) is 0 Å². The summed E-state index contributed by atoms with van der Waals surface area (Å²) < 4.78 is 0. The SMILES string of the molecule is CN(C)C(=O)N(C1CCCCC1)C1CC1. The van der Waals surface area contributed by atoms with Crippen LogP contribution in [0.15, 0.2) is 0 Å². The number of urea groups is 1. The molecule has 0 heterocycles. The van der Waals surface area contributed by atoms with Gasteiger partial charge in [-0.1, -0.05) is 19.3 Å². The van der Waals surface area contributed by atoms with E-state index < -0.39 is 0 Å². The molecule has 15 heavy (non-hydrogen) atoms. The maximum atomic E-state index is 12.1. The summed E-state index contributed by atoms with van der Waals surface area (Å²) in [6.45, 7) is 0. The molecule has 0 aliphatic heterocycles. The highest BCUT2D eigenvalue weighted by molar-refractivity contribution is 5.75. The monoisotopic (exact) mass is 210 g/mol. The van der Waals surface area contributed by atoms with Gasteiger partial charge in [0.15, 0.2) is 0 Å². The lowest BCUT2D eigenvalue weighted by atomic mass is 9.94. The number of carbonyl (C=O) groups excluding carboxylic acids is 1. The third-order valence-electron chi connectivity index (χ3n) is 3.51. The van der Waals surface area contributed by atoms with Crippen LogP contribution in [0.4, 0.5) is 4.79 Å². The summed E-state index contributed by atoms with van der Waals surface area (Å²) in [5.74, 6) is 0. The van der Waals surface area contributed by atoms with Gasteiger partial charge in [-0.3, -0.25) is 0 Å². The highest BCUT2D eigenvalue weighted by Gasteiger charge is 2.38. The van der Waals surface area contributed by atoms with Crippen molar-refractivity contribution in [2.45, 2.75) is 57.0 Å². The van der Waals surface area contributed by atoms with Crippen LogP contribution in [0.2, 0.25) is 0 Å². The average Bonchev–Trinajstić information content (AvgIpc) is 3.04. The number of amides is 2. The topological polar surface area (TPSA) is 23.6 Å². The van der Waals surface area contributed by atoms with Crippen LogP contribution in [0.25, 0.3) is 0 Å². The van der Waals surface area contributed by atoms with E-state index in [1.165, 1.54) is 44.9 Å². The normalized spacial score (nSPS) is 22.5. The van der Waals surface area contributed by atoms with Gasteiger partial charge >= 0.3 is 6.03 Å². The first-order valence-electron chi connectivity index (χ1n) is 6.20. The van der Waals surface area contributed by atoms with E-state index in [0.29, 0.717) is 12.1 Å². The smallest absolute Gasteiger partial charge is 0.319 e. The fourth-order valence-corrected chi connectivity index (χ4v) is 2.55. The summed E-state index contributed by atoms with van der Waals surface area (Å²) in [6, 6.07) is 1.31. The number of hydrogen-bond acceptors (Lipinski definition) is 1. The van der Waals surface area contributed by atoms with Gasteiger partial charge in [-0.25, -0.2) is 4.79 Å². The Bertz CT molecular complexity index is 230. The van der Waals surface area contributed by atoms with Gasteiger partial charge in [0.25, 0.3) is 0 Å². The van der Waals surface area contributed by atoms with Crippen molar-refractivity contribution in [1.82, 2.24) is 9.80 Å². The van der Waals surface area contributed by atoms with Crippen LogP contribution in [0.1, 0.15) is 44.9 Å². The van der Waals surface area contributed by atoms with Gasteiger partial charge in [0.1, 0.15) is 0 Å². The summed E-state index contributed by atoms with van der Waals surface area (Å²) in [4.78, 5) is 16.0. The summed E-state index contributed by atoms with van der Waals surface area (Å²) in [5.41, 5.74) is 0. The van der Waals surface area contributed by atoms with Crippen molar-refractivity contribution in [2.24, 2.45) is 0 Å². The van der Waals surface area contributed by atoms with Crippen LogP contribution in [0.3, 0.4) is 0 Å². The molecule has 0 N–H and O–H groups in total. The Balaban J connectivity index is 2.01. The van der Waals surface area contributed by atoms with Gasteiger partial charge in [-0.05, 0) is 25.7 Å². The predicted molar refractivity (Wildman–Crippen MR) is 60.8 cm³/mol. The number of carbonyl (C=O) groups is 1. The van der Waals surface area contributed by atoms with E-state index in [1.807, 2.05) is 14.1 Å². The molecule has 0 aromatic heterocycles. The highest BCUT2D eigenvalue weighted by Crippen LogP contribution is 2.34. The molecule has 2 aliphatic rings. The maximum absolute atomic E-state index is 12.1. The largest absolute Gasteiger partial charge is 0.331 e. The van der Waals surface area contributed by atoms with Crippen molar-refractivity contribution < 1.29 is 4.79 Å². The second kappa shape index (κ2) is 4.42. The zero-order valence-corrected chi connectivity index (χ0v) is 9.91. The lowest BCUT2D eigenvalue weighted by molar-refractivity contribution is 0.128. The van der Waals surface area contributed by atoms with Crippen molar-refractivity contribution in [3.05, 3.63) is 0 Å². The lowest BCUT2D eigenvalue weighted by Crippen LogP contribution is -2.47.